The highest BCUT2D eigenvalue weighted by atomic mass is 19.1. The Labute approximate surface area is 208 Å². The van der Waals surface area contributed by atoms with Gasteiger partial charge < -0.3 is 9.88 Å². The van der Waals surface area contributed by atoms with E-state index in [4.69, 9.17) is 0 Å². The van der Waals surface area contributed by atoms with Crippen LogP contribution in [0.25, 0.3) is 55.4 Å². The van der Waals surface area contributed by atoms with Crippen molar-refractivity contribution >= 4 is 21.8 Å². The van der Waals surface area contributed by atoms with Crippen molar-refractivity contribution in [3.8, 4) is 33.6 Å². The van der Waals surface area contributed by atoms with Gasteiger partial charge >= 0.3 is 0 Å². The molecule has 0 saturated carbocycles. The molecule has 0 spiro atoms. The molecule has 3 aromatic carbocycles. The number of hydrogen-bond donors (Lipinski definition) is 2. The molecule has 0 amide bonds. The van der Waals surface area contributed by atoms with Crippen LogP contribution in [0.4, 0.5) is 4.39 Å². The monoisotopic (exact) mass is 475 g/mol. The Morgan fingerprint density at radius 1 is 0.833 bits per heavy atom. The second-order valence-electron chi connectivity index (χ2n) is 9.62. The molecule has 0 aliphatic carbocycles. The number of aromatic amines is 2. The minimum atomic E-state index is -0.229. The molecule has 0 radical (unpaired) electrons. The Morgan fingerprint density at radius 3 is 2.56 bits per heavy atom. The predicted octanol–water partition coefficient (Wildman–Crippen LogP) is 6.95. The summed E-state index contributed by atoms with van der Waals surface area (Å²) in [5.41, 5.74) is 9.78. The molecule has 6 rings (SSSR count). The highest BCUT2D eigenvalue weighted by Crippen LogP contribution is 2.35. The van der Waals surface area contributed by atoms with Gasteiger partial charge in [0.1, 0.15) is 11.5 Å². The summed E-state index contributed by atoms with van der Waals surface area (Å²) in [6, 6.07) is 21.8. The molecular formula is C30H26FN5. The van der Waals surface area contributed by atoms with Crippen LogP contribution in [-0.2, 0) is 6.54 Å². The van der Waals surface area contributed by atoms with Gasteiger partial charge in [-0.1, -0.05) is 24.3 Å². The molecule has 178 valence electrons. The first-order valence-corrected chi connectivity index (χ1v) is 11.9. The van der Waals surface area contributed by atoms with E-state index in [0.717, 1.165) is 67.6 Å². The smallest absolute Gasteiger partial charge is 0.124 e. The molecule has 2 N–H and O–H groups in total. The third-order valence-corrected chi connectivity index (χ3v) is 6.46. The number of nitrogens with zero attached hydrogens (tertiary/aromatic N) is 3. The first-order chi connectivity index (χ1) is 17.4. The average molecular weight is 476 g/mol. The van der Waals surface area contributed by atoms with Crippen molar-refractivity contribution in [2.24, 2.45) is 0 Å². The predicted molar refractivity (Wildman–Crippen MR) is 144 cm³/mol. The van der Waals surface area contributed by atoms with E-state index < -0.39 is 0 Å². The van der Waals surface area contributed by atoms with E-state index in [1.54, 1.807) is 12.1 Å². The lowest BCUT2D eigenvalue weighted by molar-refractivity contribution is 0.402. The number of aryl methyl sites for hydroxylation is 1. The van der Waals surface area contributed by atoms with Gasteiger partial charge in [0.15, 0.2) is 0 Å². The van der Waals surface area contributed by atoms with E-state index in [9.17, 15) is 4.39 Å². The van der Waals surface area contributed by atoms with Gasteiger partial charge in [-0.15, -0.1) is 0 Å². The van der Waals surface area contributed by atoms with Crippen LogP contribution in [-0.4, -0.2) is 39.2 Å². The van der Waals surface area contributed by atoms with Gasteiger partial charge in [-0.2, -0.15) is 5.10 Å². The zero-order chi connectivity index (χ0) is 24.8. The number of hydrogen-bond acceptors (Lipinski definition) is 3. The summed E-state index contributed by atoms with van der Waals surface area (Å²) in [5.74, 6) is -0.229. The van der Waals surface area contributed by atoms with Gasteiger partial charge in [0.2, 0.25) is 0 Å². The van der Waals surface area contributed by atoms with Gasteiger partial charge in [0.25, 0.3) is 0 Å². The Hall–Kier alpha value is -4.29. The number of fused-ring (bicyclic) bond motifs is 2. The zero-order valence-corrected chi connectivity index (χ0v) is 20.4. The van der Waals surface area contributed by atoms with Crippen LogP contribution in [0.3, 0.4) is 0 Å². The molecule has 0 bridgehead atoms. The molecular weight excluding hydrogens is 449 g/mol. The molecule has 36 heavy (non-hydrogen) atoms. The maximum Gasteiger partial charge on any atom is 0.124 e. The number of rotatable bonds is 5. The topological polar surface area (TPSA) is 60.6 Å². The van der Waals surface area contributed by atoms with E-state index in [2.05, 4.69) is 69.5 Å². The fourth-order valence-corrected chi connectivity index (χ4v) is 4.92. The Morgan fingerprint density at radius 2 is 1.72 bits per heavy atom. The summed E-state index contributed by atoms with van der Waals surface area (Å²) in [6.07, 6.45) is 3.81. The number of H-pyrrole nitrogens is 2. The Kier molecular flexibility index (Phi) is 5.38. The molecule has 5 nitrogen and oxygen atoms in total. The molecule has 0 aliphatic heterocycles. The fourth-order valence-electron chi connectivity index (χ4n) is 4.92. The van der Waals surface area contributed by atoms with E-state index in [1.165, 1.54) is 5.56 Å². The van der Waals surface area contributed by atoms with Crippen molar-refractivity contribution in [2.45, 2.75) is 13.5 Å². The first-order valence-electron chi connectivity index (χ1n) is 11.9. The third-order valence-electron chi connectivity index (χ3n) is 6.46. The van der Waals surface area contributed by atoms with Crippen molar-refractivity contribution < 1.29 is 4.39 Å². The second-order valence-corrected chi connectivity index (χ2v) is 9.62. The summed E-state index contributed by atoms with van der Waals surface area (Å²) in [4.78, 5) is 10.1. The van der Waals surface area contributed by atoms with Gasteiger partial charge in [-0.3, -0.25) is 10.1 Å². The molecule has 0 aliphatic rings. The van der Waals surface area contributed by atoms with E-state index >= 15 is 0 Å². The van der Waals surface area contributed by atoms with Gasteiger partial charge in [-0.25, -0.2) is 4.39 Å². The van der Waals surface area contributed by atoms with Gasteiger partial charge in [0, 0.05) is 40.8 Å². The number of halogens is 1. The Bertz CT molecular complexity index is 1710. The zero-order valence-electron chi connectivity index (χ0n) is 20.4. The van der Waals surface area contributed by atoms with Crippen molar-refractivity contribution in [2.75, 3.05) is 14.1 Å². The standard InChI is InChI=1S/C30H26FN5/c1-18-9-21(12-23(31)10-18)24-5-4-6-27-25(24)14-29(33-27)30-26-13-20(7-8-28(26)34-35-30)22-11-19(15-32-16-22)17-36(2)3/h4-16,33H,17H2,1-3H3,(H,34,35). The Balaban J connectivity index is 1.45. The van der Waals surface area contributed by atoms with Crippen molar-refractivity contribution in [3.63, 3.8) is 0 Å². The van der Waals surface area contributed by atoms with Crippen LogP contribution in [0.1, 0.15) is 11.1 Å². The highest BCUT2D eigenvalue weighted by Gasteiger charge is 2.15. The molecule has 6 heteroatoms. The number of benzene rings is 3. The van der Waals surface area contributed by atoms with Crippen LogP contribution < -0.4 is 0 Å². The van der Waals surface area contributed by atoms with E-state index in [0.29, 0.717) is 0 Å². The summed E-state index contributed by atoms with van der Waals surface area (Å²) in [7, 11) is 4.11. The molecule has 0 atom stereocenters. The minimum absolute atomic E-state index is 0.229. The molecule has 0 unspecified atom stereocenters. The lowest BCUT2D eigenvalue weighted by Gasteiger charge is -2.10. The van der Waals surface area contributed by atoms with Gasteiger partial charge in [0.05, 0.1) is 11.2 Å². The quantitative estimate of drug-likeness (QED) is 0.284. The van der Waals surface area contributed by atoms with Crippen LogP contribution in [0.5, 0.6) is 0 Å². The van der Waals surface area contributed by atoms with Crippen molar-refractivity contribution in [1.82, 2.24) is 25.1 Å². The van der Waals surface area contributed by atoms with Crippen LogP contribution >= 0.6 is 0 Å². The summed E-state index contributed by atoms with van der Waals surface area (Å²) < 4.78 is 14.2. The molecule has 6 aromatic rings. The second kappa shape index (κ2) is 8.73. The number of nitrogens with one attached hydrogen (secondary N) is 2. The summed E-state index contributed by atoms with van der Waals surface area (Å²) in [6.45, 7) is 2.75. The largest absolute Gasteiger partial charge is 0.353 e. The molecule has 0 fully saturated rings. The van der Waals surface area contributed by atoms with Crippen LogP contribution in [0, 0.1) is 12.7 Å². The van der Waals surface area contributed by atoms with Gasteiger partial charge in [-0.05, 0) is 91.3 Å². The molecule has 0 saturated heterocycles. The van der Waals surface area contributed by atoms with Crippen LogP contribution in [0.2, 0.25) is 0 Å². The molecule has 3 aromatic heterocycles. The van der Waals surface area contributed by atoms with Crippen molar-refractivity contribution in [1.29, 1.82) is 0 Å². The fraction of sp³-hybridized carbons (Fsp3) is 0.133. The normalized spacial score (nSPS) is 11.7. The lowest BCUT2D eigenvalue weighted by Crippen LogP contribution is -2.10. The lowest BCUT2D eigenvalue weighted by atomic mass is 9.99. The number of aromatic nitrogens is 4. The van der Waals surface area contributed by atoms with E-state index in [1.807, 2.05) is 43.6 Å². The third kappa shape index (κ3) is 4.06. The highest BCUT2D eigenvalue weighted by molar-refractivity contribution is 6.01. The SMILES string of the molecule is Cc1cc(F)cc(-c2cccc3[nH]c(-c4n[nH]c5ccc(-c6cncc(CN(C)C)c6)cc45)cc23)c1. The summed E-state index contributed by atoms with van der Waals surface area (Å²) in [5, 5.41) is 9.87. The van der Waals surface area contributed by atoms with Crippen molar-refractivity contribution in [3.05, 3.63) is 96.1 Å². The van der Waals surface area contributed by atoms with E-state index in [-0.39, 0.29) is 5.82 Å². The van der Waals surface area contributed by atoms with Crippen LogP contribution in [0.15, 0.2) is 79.1 Å². The average Bonchev–Trinajstić information content (AvgIpc) is 3.46. The first kappa shape index (κ1) is 22.2. The maximum absolute atomic E-state index is 14.2. The molecule has 3 heterocycles. The number of pyridine rings is 1. The maximum atomic E-state index is 14.2. The summed E-state index contributed by atoms with van der Waals surface area (Å²) >= 11 is 0. The minimum Gasteiger partial charge on any atom is -0.353 e.